The molecule has 1 rings (SSSR count). The number of hydrogen-bond acceptors (Lipinski definition) is 2. The molecule has 0 aromatic carbocycles. The van der Waals surface area contributed by atoms with Gasteiger partial charge in [-0.25, -0.2) is 4.98 Å². The summed E-state index contributed by atoms with van der Waals surface area (Å²) in [5, 5.41) is 0. The quantitative estimate of drug-likeness (QED) is 0.716. The van der Waals surface area contributed by atoms with Crippen LogP contribution in [-0.4, -0.2) is 10.9 Å². The van der Waals surface area contributed by atoms with Crippen LogP contribution in [0.4, 0.5) is 0 Å². The predicted octanol–water partition coefficient (Wildman–Crippen LogP) is 1.82. The van der Waals surface area contributed by atoms with Crippen molar-refractivity contribution in [2.24, 2.45) is 5.73 Å². The van der Waals surface area contributed by atoms with Gasteiger partial charge in [0.05, 0.1) is 0 Å². The van der Waals surface area contributed by atoms with Crippen LogP contribution in [-0.2, 0) is 0 Å². The maximum atomic E-state index is 10.6. The lowest BCUT2D eigenvalue weighted by atomic mass is 10.2. The van der Waals surface area contributed by atoms with Crippen molar-refractivity contribution < 1.29 is 4.79 Å². The number of primary amides is 1. The molecule has 0 saturated heterocycles. The molecular formula is C10H16N2O. The molecule has 0 radical (unpaired) electrons. The first-order chi connectivity index (χ1) is 6.11. The third-order valence-corrected chi connectivity index (χ3v) is 1.60. The van der Waals surface area contributed by atoms with Crippen molar-refractivity contribution in [3.8, 4) is 0 Å². The van der Waals surface area contributed by atoms with Gasteiger partial charge in [-0.15, -0.1) is 0 Å². The second kappa shape index (κ2) is 5.30. The average Bonchev–Trinajstić information content (AvgIpc) is 2.13. The highest BCUT2D eigenvalue weighted by Crippen LogP contribution is 2.03. The Morgan fingerprint density at radius 1 is 1.31 bits per heavy atom. The number of carbonyl (C=O) groups excluding carboxylic acids is 1. The van der Waals surface area contributed by atoms with Gasteiger partial charge in [-0.05, 0) is 25.5 Å². The summed E-state index contributed by atoms with van der Waals surface area (Å²) in [6, 6.07) is 3.47. The zero-order valence-corrected chi connectivity index (χ0v) is 8.59. The molecule has 0 saturated carbocycles. The minimum atomic E-state index is -0.479. The summed E-state index contributed by atoms with van der Waals surface area (Å²) in [5.74, 6) is -0.479. The van der Waals surface area contributed by atoms with Crippen LogP contribution in [0.25, 0.3) is 0 Å². The van der Waals surface area contributed by atoms with E-state index in [9.17, 15) is 4.79 Å². The number of aryl methyl sites for hydroxylation is 2. The van der Waals surface area contributed by atoms with Gasteiger partial charge >= 0.3 is 0 Å². The fourth-order valence-corrected chi connectivity index (χ4v) is 0.768. The lowest BCUT2D eigenvalue weighted by molar-refractivity contribution is 0.0995. The van der Waals surface area contributed by atoms with E-state index >= 15 is 0 Å². The molecule has 3 nitrogen and oxygen atoms in total. The van der Waals surface area contributed by atoms with E-state index in [1.54, 1.807) is 6.07 Å². The summed E-state index contributed by atoms with van der Waals surface area (Å²) in [5.41, 5.74) is 7.27. The molecule has 1 amide bonds. The summed E-state index contributed by atoms with van der Waals surface area (Å²) < 4.78 is 0. The van der Waals surface area contributed by atoms with Crippen LogP contribution in [0.3, 0.4) is 0 Å². The molecule has 0 atom stereocenters. The summed E-state index contributed by atoms with van der Waals surface area (Å²) in [7, 11) is 0. The van der Waals surface area contributed by atoms with Crippen LogP contribution >= 0.6 is 0 Å². The standard InChI is InChI=1S/C8H10N2O.C2H6/c1-5-3-4-7(8(9)11)10-6(5)2;1-2/h3-4H,1-2H3,(H2,9,11);1-2H3. The Kier molecular flexibility index (Phi) is 4.74. The fourth-order valence-electron chi connectivity index (χ4n) is 0.768. The van der Waals surface area contributed by atoms with Crippen LogP contribution in [0.1, 0.15) is 35.6 Å². The monoisotopic (exact) mass is 180 g/mol. The third-order valence-electron chi connectivity index (χ3n) is 1.60. The molecule has 0 aliphatic carbocycles. The normalized spacial score (nSPS) is 8.62. The smallest absolute Gasteiger partial charge is 0.267 e. The van der Waals surface area contributed by atoms with Crippen molar-refractivity contribution in [1.82, 2.24) is 4.98 Å². The molecule has 1 heterocycles. The van der Waals surface area contributed by atoms with Crippen molar-refractivity contribution >= 4 is 5.91 Å². The predicted molar refractivity (Wildman–Crippen MR) is 53.6 cm³/mol. The van der Waals surface area contributed by atoms with E-state index in [1.165, 1.54) is 0 Å². The molecule has 0 spiro atoms. The Hall–Kier alpha value is -1.38. The molecule has 0 unspecified atom stereocenters. The number of rotatable bonds is 1. The van der Waals surface area contributed by atoms with Crippen molar-refractivity contribution in [2.45, 2.75) is 27.7 Å². The molecule has 0 aliphatic rings. The fraction of sp³-hybridized carbons (Fsp3) is 0.400. The van der Waals surface area contributed by atoms with Crippen molar-refractivity contribution in [3.63, 3.8) is 0 Å². The van der Waals surface area contributed by atoms with Crippen LogP contribution in [0, 0.1) is 13.8 Å². The molecule has 0 bridgehead atoms. The highest BCUT2D eigenvalue weighted by Gasteiger charge is 2.01. The Morgan fingerprint density at radius 2 is 1.85 bits per heavy atom. The van der Waals surface area contributed by atoms with Gasteiger partial charge in [0.25, 0.3) is 5.91 Å². The van der Waals surface area contributed by atoms with Gasteiger partial charge in [0.1, 0.15) is 5.69 Å². The molecule has 2 N–H and O–H groups in total. The topological polar surface area (TPSA) is 56.0 Å². The second-order valence-electron chi connectivity index (χ2n) is 2.46. The van der Waals surface area contributed by atoms with Crippen LogP contribution in [0.15, 0.2) is 12.1 Å². The number of pyridine rings is 1. The zero-order valence-electron chi connectivity index (χ0n) is 8.59. The summed E-state index contributed by atoms with van der Waals surface area (Å²) in [6.45, 7) is 7.79. The molecular weight excluding hydrogens is 164 g/mol. The molecule has 72 valence electrons. The number of aromatic nitrogens is 1. The molecule has 0 fully saturated rings. The Morgan fingerprint density at radius 3 is 2.23 bits per heavy atom. The van der Waals surface area contributed by atoms with Crippen molar-refractivity contribution in [1.29, 1.82) is 0 Å². The third kappa shape index (κ3) is 3.23. The summed E-state index contributed by atoms with van der Waals surface area (Å²) in [6.07, 6.45) is 0. The molecule has 1 aromatic rings. The number of hydrogen-bond donors (Lipinski definition) is 1. The molecule has 3 heteroatoms. The highest BCUT2D eigenvalue weighted by molar-refractivity contribution is 5.90. The van der Waals surface area contributed by atoms with Gasteiger partial charge in [-0.2, -0.15) is 0 Å². The number of carbonyl (C=O) groups is 1. The lowest BCUT2D eigenvalue weighted by Crippen LogP contribution is -2.13. The van der Waals surface area contributed by atoms with E-state index in [0.717, 1.165) is 11.3 Å². The average molecular weight is 180 g/mol. The van der Waals surface area contributed by atoms with E-state index in [2.05, 4.69) is 4.98 Å². The van der Waals surface area contributed by atoms with Gasteiger partial charge < -0.3 is 5.73 Å². The van der Waals surface area contributed by atoms with E-state index in [4.69, 9.17) is 5.73 Å². The maximum Gasteiger partial charge on any atom is 0.267 e. The van der Waals surface area contributed by atoms with Crippen LogP contribution in [0.5, 0.6) is 0 Å². The number of nitrogens with zero attached hydrogens (tertiary/aromatic N) is 1. The maximum absolute atomic E-state index is 10.6. The molecule has 0 aliphatic heterocycles. The summed E-state index contributed by atoms with van der Waals surface area (Å²) >= 11 is 0. The first kappa shape index (κ1) is 11.6. The zero-order chi connectivity index (χ0) is 10.4. The first-order valence-electron chi connectivity index (χ1n) is 4.35. The van der Waals surface area contributed by atoms with E-state index in [-0.39, 0.29) is 0 Å². The van der Waals surface area contributed by atoms with Crippen molar-refractivity contribution in [2.75, 3.05) is 0 Å². The van der Waals surface area contributed by atoms with Gasteiger partial charge in [0.15, 0.2) is 0 Å². The van der Waals surface area contributed by atoms with Crippen molar-refractivity contribution in [3.05, 3.63) is 29.1 Å². The number of amides is 1. The second-order valence-corrected chi connectivity index (χ2v) is 2.46. The Balaban J connectivity index is 0.000000671. The molecule has 13 heavy (non-hydrogen) atoms. The minimum Gasteiger partial charge on any atom is -0.364 e. The van der Waals surface area contributed by atoms with Gasteiger partial charge in [-0.3, -0.25) is 4.79 Å². The van der Waals surface area contributed by atoms with E-state index in [0.29, 0.717) is 5.69 Å². The summed E-state index contributed by atoms with van der Waals surface area (Å²) in [4.78, 5) is 14.6. The highest BCUT2D eigenvalue weighted by atomic mass is 16.1. The van der Waals surface area contributed by atoms with Crippen LogP contribution in [0.2, 0.25) is 0 Å². The largest absolute Gasteiger partial charge is 0.364 e. The SMILES string of the molecule is CC.Cc1ccc(C(N)=O)nc1C. The van der Waals surface area contributed by atoms with Gasteiger partial charge in [0, 0.05) is 5.69 Å². The Labute approximate surface area is 79.0 Å². The minimum absolute atomic E-state index is 0.327. The van der Waals surface area contributed by atoms with Crippen LogP contribution < -0.4 is 5.73 Å². The lowest BCUT2D eigenvalue weighted by Gasteiger charge is -1.99. The van der Waals surface area contributed by atoms with Gasteiger partial charge in [0.2, 0.25) is 0 Å². The van der Waals surface area contributed by atoms with Gasteiger partial charge in [-0.1, -0.05) is 19.9 Å². The Bertz CT molecular complexity index is 295. The molecule has 1 aromatic heterocycles. The first-order valence-corrected chi connectivity index (χ1v) is 4.35. The van der Waals surface area contributed by atoms with E-state index in [1.807, 2.05) is 33.8 Å². The number of nitrogens with two attached hydrogens (primary N) is 1. The van der Waals surface area contributed by atoms with E-state index < -0.39 is 5.91 Å².